The van der Waals surface area contributed by atoms with Gasteiger partial charge in [-0.25, -0.2) is 4.79 Å². The fourth-order valence-electron chi connectivity index (χ4n) is 3.27. The molecule has 0 N–H and O–H groups in total. The summed E-state index contributed by atoms with van der Waals surface area (Å²) in [6.07, 6.45) is 12.5. The van der Waals surface area contributed by atoms with Crippen molar-refractivity contribution in [3.8, 4) is 0 Å². The number of hydrogen-bond donors (Lipinski definition) is 0. The summed E-state index contributed by atoms with van der Waals surface area (Å²) in [6.45, 7) is 1.54. The highest BCUT2D eigenvalue weighted by Crippen LogP contribution is 2.43. The maximum Gasteiger partial charge on any atom is 0.432 e. The van der Waals surface area contributed by atoms with E-state index in [2.05, 4.69) is 11.1 Å². The lowest BCUT2D eigenvalue weighted by Gasteiger charge is -2.33. The van der Waals surface area contributed by atoms with Crippen LogP contribution in [0.4, 0.5) is 13.2 Å². The van der Waals surface area contributed by atoms with Gasteiger partial charge in [-0.15, -0.1) is 0 Å². The van der Waals surface area contributed by atoms with Gasteiger partial charge in [0.1, 0.15) is 6.10 Å². The van der Waals surface area contributed by atoms with E-state index in [1.807, 2.05) is 30.4 Å². The molecule has 0 unspecified atom stereocenters. The predicted molar refractivity (Wildman–Crippen MR) is 127 cm³/mol. The predicted octanol–water partition coefficient (Wildman–Crippen LogP) is 6.80. The van der Waals surface area contributed by atoms with Gasteiger partial charge in [-0.2, -0.15) is 13.2 Å². The van der Waals surface area contributed by atoms with Crippen LogP contribution in [0.25, 0.3) is 6.08 Å². The van der Waals surface area contributed by atoms with E-state index in [4.69, 9.17) is 9.47 Å². The van der Waals surface area contributed by atoms with Gasteiger partial charge < -0.3 is 9.47 Å². The van der Waals surface area contributed by atoms with E-state index in [1.54, 1.807) is 37.5 Å². The maximum atomic E-state index is 13.9. The lowest BCUT2D eigenvalue weighted by molar-refractivity contribution is -0.277. The van der Waals surface area contributed by atoms with Crippen LogP contribution < -0.4 is 0 Å². The largest absolute Gasteiger partial charge is 0.460 e. The summed E-state index contributed by atoms with van der Waals surface area (Å²) in [6, 6.07) is 10.7. The third kappa shape index (κ3) is 7.70. The number of esters is 1. The number of halogens is 3. The first-order valence-corrected chi connectivity index (χ1v) is 11.1. The summed E-state index contributed by atoms with van der Waals surface area (Å²) in [5, 5.41) is 0. The SMILES string of the molecule is CO[C@@](C(=O)O[C@@H](C)C/C=C/C=C/CCC/C=C/c1cccnc1)(c1ccccc1)C(F)(F)F. The number of allylic oxidation sites excluding steroid dienone is 4. The normalized spacial score (nSPS) is 15.1. The van der Waals surface area contributed by atoms with Gasteiger partial charge in [0.2, 0.25) is 0 Å². The van der Waals surface area contributed by atoms with Crippen LogP contribution in [-0.4, -0.2) is 30.3 Å². The quantitative estimate of drug-likeness (QED) is 0.193. The second-order valence-corrected chi connectivity index (χ2v) is 7.68. The number of alkyl halides is 3. The highest BCUT2D eigenvalue weighted by Gasteiger charge is 2.64. The number of methoxy groups -OCH3 is 1. The van der Waals surface area contributed by atoms with Gasteiger partial charge in [0.25, 0.3) is 5.60 Å². The van der Waals surface area contributed by atoms with E-state index in [1.165, 1.54) is 24.3 Å². The molecule has 1 aromatic heterocycles. The van der Waals surface area contributed by atoms with Crippen molar-refractivity contribution in [2.45, 2.75) is 50.5 Å². The summed E-state index contributed by atoms with van der Waals surface area (Å²) in [5.41, 5.74) is -2.43. The minimum Gasteiger partial charge on any atom is -0.460 e. The Labute approximate surface area is 198 Å². The Bertz CT molecular complexity index is 956. The number of ether oxygens (including phenoxy) is 2. The summed E-state index contributed by atoms with van der Waals surface area (Å²) in [5.74, 6) is -1.48. The molecule has 7 heteroatoms. The van der Waals surface area contributed by atoms with Crippen LogP contribution in [0.3, 0.4) is 0 Å². The average molecular weight is 474 g/mol. The van der Waals surface area contributed by atoms with Crippen molar-refractivity contribution in [1.29, 1.82) is 0 Å². The van der Waals surface area contributed by atoms with Gasteiger partial charge in [-0.3, -0.25) is 4.98 Å². The third-order valence-corrected chi connectivity index (χ3v) is 5.07. The van der Waals surface area contributed by atoms with Crippen molar-refractivity contribution in [2.24, 2.45) is 0 Å². The van der Waals surface area contributed by atoms with E-state index in [9.17, 15) is 18.0 Å². The molecule has 0 aliphatic rings. The summed E-state index contributed by atoms with van der Waals surface area (Å²) >= 11 is 0. The molecule has 34 heavy (non-hydrogen) atoms. The third-order valence-electron chi connectivity index (χ3n) is 5.07. The minimum atomic E-state index is -4.98. The van der Waals surface area contributed by atoms with Crippen LogP contribution >= 0.6 is 0 Å². The first-order chi connectivity index (χ1) is 16.3. The van der Waals surface area contributed by atoms with Crippen molar-refractivity contribution in [1.82, 2.24) is 4.98 Å². The van der Waals surface area contributed by atoms with E-state index in [-0.39, 0.29) is 12.0 Å². The highest BCUT2D eigenvalue weighted by atomic mass is 19.4. The number of aromatic nitrogens is 1. The van der Waals surface area contributed by atoms with Gasteiger partial charge in [-0.05, 0) is 37.8 Å². The number of rotatable bonds is 12. The van der Waals surface area contributed by atoms with Crippen LogP contribution in [0, 0.1) is 0 Å². The second-order valence-electron chi connectivity index (χ2n) is 7.68. The number of hydrogen-bond acceptors (Lipinski definition) is 4. The Kier molecular flexibility index (Phi) is 10.7. The molecule has 0 saturated carbocycles. The van der Waals surface area contributed by atoms with E-state index < -0.39 is 23.9 Å². The Morgan fingerprint density at radius 2 is 1.74 bits per heavy atom. The molecule has 2 rings (SSSR count). The topological polar surface area (TPSA) is 48.4 Å². The molecule has 0 fully saturated rings. The smallest absolute Gasteiger partial charge is 0.432 e. The maximum absolute atomic E-state index is 13.9. The summed E-state index contributed by atoms with van der Waals surface area (Å²) < 4.78 is 51.5. The molecule has 0 bridgehead atoms. The molecule has 0 saturated heterocycles. The van der Waals surface area contributed by atoms with Gasteiger partial charge in [0.05, 0.1) is 0 Å². The Morgan fingerprint density at radius 1 is 1.03 bits per heavy atom. The van der Waals surface area contributed by atoms with E-state index in [0.717, 1.165) is 31.9 Å². The molecule has 2 atom stereocenters. The molecule has 4 nitrogen and oxygen atoms in total. The number of carbonyl (C=O) groups excluding carboxylic acids is 1. The lowest BCUT2D eigenvalue weighted by atomic mass is 9.92. The molecule has 0 aliphatic carbocycles. The Balaban J connectivity index is 1.80. The van der Waals surface area contributed by atoms with Crippen LogP contribution in [0.2, 0.25) is 0 Å². The molecular weight excluding hydrogens is 443 g/mol. The van der Waals surface area contributed by atoms with Crippen molar-refractivity contribution >= 4 is 12.0 Å². The standard InChI is InChI=1S/C27H30F3NO3/c1-22(15-10-7-5-3-4-6-8-11-16-23-17-14-20-31-21-23)34-25(32)26(33-2,27(28,29)30)24-18-12-9-13-19-24/h3,5,7,9-14,16-22H,4,6,8,15H2,1-2H3/b5-3+,10-7+,16-11+/t22-,26+/m0/s1. The molecule has 182 valence electrons. The molecule has 0 amide bonds. The summed E-state index contributed by atoms with van der Waals surface area (Å²) in [7, 11) is 0.853. The van der Waals surface area contributed by atoms with Crippen molar-refractivity contribution in [3.05, 3.63) is 96.4 Å². The average Bonchev–Trinajstić information content (AvgIpc) is 2.81. The lowest BCUT2D eigenvalue weighted by Crippen LogP contribution is -2.52. The zero-order valence-corrected chi connectivity index (χ0v) is 19.4. The molecule has 0 aliphatic heterocycles. The molecule has 1 aromatic carbocycles. The van der Waals surface area contributed by atoms with Crippen molar-refractivity contribution in [2.75, 3.05) is 7.11 Å². The van der Waals surface area contributed by atoms with E-state index >= 15 is 0 Å². The number of pyridine rings is 1. The Morgan fingerprint density at radius 3 is 2.38 bits per heavy atom. The van der Waals surface area contributed by atoms with Gasteiger partial charge in [0, 0.05) is 31.5 Å². The zero-order chi connectivity index (χ0) is 24.9. The van der Waals surface area contributed by atoms with Crippen molar-refractivity contribution in [3.63, 3.8) is 0 Å². The van der Waals surface area contributed by atoms with E-state index in [0.29, 0.717) is 0 Å². The Hall–Kier alpha value is -3.19. The number of unbranched alkanes of at least 4 members (excludes halogenated alkanes) is 2. The second kappa shape index (κ2) is 13.5. The minimum absolute atomic E-state index is 0.274. The van der Waals surface area contributed by atoms with Crippen LogP contribution in [0.5, 0.6) is 0 Å². The van der Waals surface area contributed by atoms with Crippen LogP contribution in [0.15, 0.2) is 85.2 Å². The number of nitrogens with zero attached hydrogens (tertiary/aromatic N) is 1. The monoisotopic (exact) mass is 473 g/mol. The fourth-order valence-corrected chi connectivity index (χ4v) is 3.27. The molecule has 0 radical (unpaired) electrons. The van der Waals surface area contributed by atoms with Crippen LogP contribution in [-0.2, 0) is 19.9 Å². The van der Waals surface area contributed by atoms with Crippen molar-refractivity contribution < 1.29 is 27.4 Å². The fraction of sp³-hybridized carbons (Fsp3) is 0.333. The molecule has 0 spiro atoms. The highest BCUT2D eigenvalue weighted by molar-refractivity contribution is 5.82. The first-order valence-electron chi connectivity index (χ1n) is 11.1. The van der Waals surface area contributed by atoms with Crippen LogP contribution in [0.1, 0.15) is 43.7 Å². The first kappa shape index (κ1) is 27.1. The molecule has 2 aromatic rings. The number of carbonyl (C=O) groups is 1. The van der Waals surface area contributed by atoms with Gasteiger partial charge in [-0.1, -0.05) is 72.9 Å². The molecule has 1 heterocycles. The molecular formula is C27H30F3NO3. The van der Waals surface area contributed by atoms with Gasteiger partial charge >= 0.3 is 12.1 Å². The number of benzene rings is 1. The summed E-state index contributed by atoms with van der Waals surface area (Å²) in [4.78, 5) is 16.6. The van der Waals surface area contributed by atoms with Gasteiger partial charge in [0.15, 0.2) is 0 Å². The zero-order valence-electron chi connectivity index (χ0n) is 19.4.